The van der Waals surface area contributed by atoms with Crippen LogP contribution in [0.15, 0.2) is 35.7 Å². The van der Waals surface area contributed by atoms with Crippen molar-refractivity contribution < 1.29 is 9.47 Å². The van der Waals surface area contributed by atoms with Gasteiger partial charge in [-0.05, 0) is 54.4 Å². The number of methoxy groups -OCH3 is 1. The molecule has 0 saturated carbocycles. The third-order valence-electron chi connectivity index (χ3n) is 4.92. The van der Waals surface area contributed by atoms with Gasteiger partial charge in [0.15, 0.2) is 11.5 Å². The first-order chi connectivity index (χ1) is 12.7. The van der Waals surface area contributed by atoms with E-state index in [1.807, 2.05) is 11.3 Å². The first-order valence-corrected chi connectivity index (χ1v) is 10.6. The van der Waals surface area contributed by atoms with Crippen molar-refractivity contribution in [3.05, 3.63) is 46.2 Å². The molecule has 1 aliphatic heterocycles. The van der Waals surface area contributed by atoms with Gasteiger partial charge in [-0.3, -0.25) is 4.90 Å². The summed E-state index contributed by atoms with van der Waals surface area (Å²) in [6, 6.07) is 11.4. The minimum atomic E-state index is 0.503. The first-order valence-electron chi connectivity index (χ1n) is 9.74. The summed E-state index contributed by atoms with van der Waals surface area (Å²) in [5, 5.41) is 2.20. The number of hydrogen-bond donors (Lipinski definition) is 0. The van der Waals surface area contributed by atoms with Crippen LogP contribution < -0.4 is 9.47 Å². The Morgan fingerprint density at radius 3 is 2.77 bits per heavy atom. The molecule has 1 atom stereocenters. The van der Waals surface area contributed by atoms with E-state index in [1.165, 1.54) is 36.1 Å². The molecule has 0 radical (unpaired) electrons. The van der Waals surface area contributed by atoms with Gasteiger partial charge in [0.1, 0.15) is 0 Å². The second-order valence-corrected chi connectivity index (χ2v) is 8.52. The lowest BCUT2D eigenvalue weighted by Crippen LogP contribution is -2.27. The molecule has 0 bridgehead atoms. The molecule has 26 heavy (non-hydrogen) atoms. The van der Waals surface area contributed by atoms with Gasteiger partial charge < -0.3 is 9.47 Å². The van der Waals surface area contributed by atoms with Crippen LogP contribution >= 0.6 is 11.3 Å². The Bertz CT molecular complexity index is 669. The van der Waals surface area contributed by atoms with Crippen molar-refractivity contribution in [2.45, 2.75) is 52.1 Å². The highest BCUT2D eigenvalue weighted by Gasteiger charge is 2.23. The average molecular weight is 374 g/mol. The third kappa shape index (κ3) is 5.01. The fourth-order valence-electron chi connectivity index (χ4n) is 3.58. The monoisotopic (exact) mass is 373 g/mol. The highest BCUT2D eigenvalue weighted by Crippen LogP contribution is 2.35. The lowest BCUT2D eigenvalue weighted by atomic mass is 10.1. The zero-order valence-electron chi connectivity index (χ0n) is 16.2. The molecular formula is C22H31NO2S. The predicted octanol–water partition coefficient (Wildman–Crippen LogP) is 5.91. The van der Waals surface area contributed by atoms with Gasteiger partial charge >= 0.3 is 0 Å². The van der Waals surface area contributed by atoms with E-state index in [4.69, 9.17) is 9.47 Å². The third-order valence-corrected chi connectivity index (χ3v) is 5.89. The van der Waals surface area contributed by atoms with E-state index < -0.39 is 0 Å². The maximum absolute atomic E-state index is 5.90. The summed E-state index contributed by atoms with van der Waals surface area (Å²) in [7, 11) is 1.72. The van der Waals surface area contributed by atoms with Crippen molar-refractivity contribution >= 4 is 11.3 Å². The van der Waals surface area contributed by atoms with Gasteiger partial charge in [-0.2, -0.15) is 0 Å². The smallest absolute Gasteiger partial charge is 0.161 e. The summed E-state index contributed by atoms with van der Waals surface area (Å²) in [6.45, 7) is 7.15. The van der Waals surface area contributed by atoms with E-state index in [-0.39, 0.29) is 0 Å². The number of thiophene rings is 1. The van der Waals surface area contributed by atoms with Crippen LogP contribution in [0.1, 0.15) is 56.0 Å². The zero-order chi connectivity index (χ0) is 18.4. The molecule has 2 aromatic rings. The van der Waals surface area contributed by atoms with Crippen LogP contribution in [0.25, 0.3) is 0 Å². The van der Waals surface area contributed by atoms with Crippen LogP contribution in [0.5, 0.6) is 11.5 Å². The Kier molecular flexibility index (Phi) is 6.98. The van der Waals surface area contributed by atoms with Gasteiger partial charge in [0.25, 0.3) is 0 Å². The van der Waals surface area contributed by atoms with E-state index >= 15 is 0 Å². The molecule has 1 saturated heterocycles. The zero-order valence-corrected chi connectivity index (χ0v) is 17.1. The second kappa shape index (κ2) is 9.43. The molecule has 3 nitrogen and oxygen atoms in total. The van der Waals surface area contributed by atoms with E-state index in [0.717, 1.165) is 24.6 Å². The summed E-state index contributed by atoms with van der Waals surface area (Å²) in [5.74, 6) is 2.18. The second-order valence-electron chi connectivity index (χ2n) is 7.54. The molecule has 1 fully saturated rings. The van der Waals surface area contributed by atoms with Gasteiger partial charge in [0.05, 0.1) is 13.7 Å². The molecule has 4 heteroatoms. The molecular weight excluding hydrogens is 342 g/mol. The van der Waals surface area contributed by atoms with Gasteiger partial charge in [0, 0.05) is 17.5 Å². The Labute approximate surface area is 161 Å². The normalized spacial score (nSPS) is 18.7. The van der Waals surface area contributed by atoms with Crippen molar-refractivity contribution in [1.29, 1.82) is 0 Å². The van der Waals surface area contributed by atoms with Crippen LogP contribution in [0.4, 0.5) is 0 Å². The van der Waals surface area contributed by atoms with Crippen molar-refractivity contribution in [1.82, 2.24) is 4.90 Å². The number of rotatable bonds is 7. The minimum Gasteiger partial charge on any atom is -0.493 e. The highest BCUT2D eigenvalue weighted by molar-refractivity contribution is 7.10. The Morgan fingerprint density at radius 2 is 2.04 bits per heavy atom. The number of hydrogen-bond acceptors (Lipinski definition) is 4. The number of benzene rings is 1. The SMILES string of the molecule is COc1cc(CN2CCCCC[C@H]2c2cccs2)ccc1OCC(C)C. The van der Waals surface area contributed by atoms with Gasteiger partial charge in [0.2, 0.25) is 0 Å². The van der Waals surface area contributed by atoms with Crippen molar-refractivity contribution in [2.24, 2.45) is 5.92 Å². The van der Waals surface area contributed by atoms with E-state index in [1.54, 1.807) is 7.11 Å². The van der Waals surface area contributed by atoms with Crippen LogP contribution in [0.3, 0.4) is 0 Å². The van der Waals surface area contributed by atoms with Crippen LogP contribution in [0.2, 0.25) is 0 Å². The average Bonchev–Trinajstić information content (AvgIpc) is 3.07. The van der Waals surface area contributed by atoms with E-state index in [2.05, 4.69) is 54.5 Å². The highest BCUT2D eigenvalue weighted by atomic mass is 32.1. The molecule has 142 valence electrons. The van der Waals surface area contributed by atoms with Gasteiger partial charge in [-0.25, -0.2) is 0 Å². The molecule has 1 aromatic carbocycles. The molecule has 3 rings (SSSR count). The number of nitrogens with zero attached hydrogens (tertiary/aromatic N) is 1. The molecule has 1 aromatic heterocycles. The summed E-state index contributed by atoms with van der Waals surface area (Å²) in [4.78, 5) is 4.14. The molecule has 0 aliphatic carbocycles. The number of likely N-dealkylation sites (tertiary alicyclic amines) is 1. The van der Waals surface area contributed by atoms with Crippen LogP contribution in [-0.4, -0.2) is 25.2 Å². The maximum Gasteiger partial charge on any atom is 0.161 e. The first kappa shape index (κ1) is 19.2. The molecule has 2 heterocycles. The summed E-state index contributed by atoms with van der Waals surface area (Å²) < 4.78 is 11.5. The standard InChI is InChI=1S/C22H31NO2S/c1-17(2)16-25-20-11-10-18(14-21(20)24-3)15-23-12-6-4-5-8-19(23)22-9-7-13-26-22/h7,9-11,13-14,17,19H,4-6,8,12,15-16H2,1-3H3/t19-/m0/s1. The van der Waals surface area contributed by atoms with Crippen molar-refractivity contribution in [3.63, 3.8) is 0 Å². The topological polar surface area (TPSA) is 21.7 Å². The van der Waals surface area contributed by atoms with Gasteiger partial charge in [-0.1, -0.05) is 38.8 Å². The van der Waals surface area contributed by atoms with Crippen LogP contribution in [0, 0.1) is 5.92 Å². The van der Waals surface area contributed by atoms with Gasteiger partial charge in [-0.15, -0.1) is 11.3 Å². The Balaban J connectivity index is 1.75. The lowest BCUT2D eigenvalue weighted by molar-refractivity contribution is 0.195. The summed E-state index contributed by atoms with van der Waals surface area (Å²) >= 11 is 1.89. The lowest BCUT2D eigenvalue weighted by Gasteiger charge is -2.29. The predicted molar refractivity (Wildman–Crippen MR) is 109 cm³/mol. The molecule has 0 spiro atoms. The molecule has 0 unspecified atom stereocenters. The number of ether oxygens (including phenoxy) is 2. The fourth-order valence-corrected chi connectivity index (χ4v) is 4.48. The van der Waals surface area contributed by atoms with Crippen molar-refractivity contribution in [3.8, 4) is 11.5 Å². The maximum atomic E-state index is 5.90. The molecule has 1 aliphatic rings. The Hall–Kier alpha value is -1.52. The van der Waals surface area contributed by atoms with Crippen LogP contribution in [-0.2, 0) is 6.54 Å². The molecule has 0 amide bonds. The minimum absolute atomic E-state index is 0.503. The van der Waals surface area contributed by atoms with E-state index in [9.17, 15) is 0 Å². The molecule has 0 N–H and O–H groups in total. The fraction of sp³-hybridized carbons (Fsp3) is 0.545. The van der Waals surface area contributed by atoms with E-state index in [0.29, 0.717) is 18.6 Å². The summed E-state index contributed by atoms with van der Waals surface area (Å²) in [6.07, 6.45) is 5.20. The van der Waals surface area contributed by atoms with Crippen molar-refractivity contribution in [2.75, 3.05) is 20.3 Å². The Morgan fingerprint density at radius 1 is 1.15 bits per heavy atom. The largest absolute Gasteiger partial charge is 0.493 e. The quantitative estimate of drug-likeness (QED) is 0.602. The summed E-state index contributed by atoms with van der Waals surface area (Å²) in [5.41, 5.74) is 1.29.